The molecule has 4 rings (SSSR count). The molecule has 2 aromatic rings. The zero-order chi connectivity index (χ0) is 21.1. The van der Waals surface area contributed by atoms with Crippen LogP contribution in [-0.4, -0.2) is 47.3 Å². The Kier molecular flexibility index (Phi) is 5.84. The van der Waals surface area contributed by atoms with E-state index in [9.17, 15) is 10.1 Å². The van der Waals surface area contributed by atoms with Gasteiger partial charge in [-0.15, -0.1) is 0 Å². The summed E-state index contributed by atoms with van der Waals surface area (Å²) >= 11 is 0. The molecule has 2 aromatic heterocycles. The number of aryl methyl sites for hydroxylation is 1. The van der Waals surface area contributed by atoms with Crippen LogP contribution < -0.4 is 16.0 Å². The second-order valence-corrected chi connectivity index (χ2v) is 7.54. The van der Waals surface area contributed by atoms with E-state index >= 15 is 0 Å². The molecule has 0 aliphatic carbocycles. The van der Waals surface area contributed by atoms with Gasteiger partial charge < -0.3 is 19.8 Å². The molecule has 2 aliphatic heterocycles. The Hall–Kier alpha value is -3.15. The van der Waals surface area contributed by atoms with E-state index in [2.05, 4.69) is 16.0 Å². The van der Waals surface area contributed by atoms with Crippen LogP contribution in [0.3, 0.4) is 0 Å². The highest BCUT2D eigenvalue weighted by molar-refractivity contribution is 5.54. The van der Waals surface area contributed by atoms with Crippen molar-refractivity contribution in [1.82, 2.24) is 14.5 Å². The molecule has 1 fully saturated rings. The third-order valence-corrected chi connectivity index (χ3v) is 5.67. The van der Waals surface area contributed by atoms with Gasteiger partial charge in [0, 0.05) is 50.3 Å². The van der Waals surface area contributed by atoms with E-state index in [1.165, 1.54) is 0 Å². The monoisotopic (exact) mass is 407 g/mol. The Bertz CT molecular complexity index is 1050. The third kappa shape index (κ3) is 3.82. The number of nitriles is 1. The van der Waals surface area contributed by atoms with Crippen LogP contribution in [0.25, 0.3) is 0 Å². The number of hydrogen-bond acceptors (Lipinski definition) is 7. The smallest absolute Gasteiger partial charge is 0.258 e. The van der Waals surface area contributed by atoms with Crippen molar-refractivity contribution in [3.05, 3.63) is 69.2 Å². The van der Waals surface area contributed by atoms with Gasteiger partial charge in [0.1, 0.15) is 17.4 Å². The van der Waals surface area contributed by atoms with Crippen molar-refractivity contribution >= 4 is 0 Å². The highest BCUT2D eigenvalue weighted by Crippen LogP contribution is 2.40. The van der Waals surface area contributed by atoms with E-state index in [1.54, 1.807) is 23.0 Å². The molecule has 2 N–H and O–H groups in total. The SMILES string of the molecule is Cc1cc2c(c(=O)n1CCCN1CCOCC1)[C@H](c1cccnc1)C(C#N)=C(N)O2. The summed E-state index contributed by atoms with van der Waals surface area (Å²) in [5, 5.41) is 9.71. The minimum atomic E-state index is -0.592. The lowest BCUT2D eigenvalue weighted by molar-refractivity contribution is 0.0369. The van der Waals surface area contributed by atoms with Crippen molar-refractivity contribution in [2.45, 2.75) is 25.8 Å². The summed E-state index contributed by atoms with van der Waals surface area (Å²) in [5.41, 5.74) is 8.08. The molecular formula is C22H25N5O3. The summed E-state index contributed by atoms with van der Waals surface area (Å²) in [4.78, 5) is 20.0. The highest BCUT2D eigenvalue weighted by atomic mass is 16.5. The van der Waals surface area contributed by atoms with Gasteiger partial charge in [-0.1, -0.05) is 6.07 Å². The second kappa shape index (κ2) is 8.69. The third-order valence-electron chi connectivity index (χ3n) is 5.67. The first-order chi connectivity index (χ1) is 14.6. The van der Waals surface area contributed by atoms with Crippen LogP contribution in [0.4, 0.5) is 0 Å². The molecular weight excluding hydrogens is 382 g/mol. The van der Waals surface area contributed by atoms with E-state index in [1.807, 2.05) is 19.1 Å². The predicted octanol–water partition coefficient (Wildman–Crippen LogP) is 1.49. The van der Waals surface area contributed by atoms with Gasteiger partial charge in [-0.2, -0.15) is 5.26 Å². The highest BCUT2D eigenvalue weighted by Gasteiger charge is 2.34. The summed E-state index contributed by atoms with van der Waals surface area (Å²) in [6.45, 7) is 6.74. The molecule has 0 radical (unpaired) electrons. The normalized spacial score (nSPS) is 19.1. The van der Waals surface area contributed by atoms with Crippen LogP contribution in [0.2, 0.25) is 0 Å². The number of nitrogens with zero attached hydrogens (tertiary/aromatic N) is 4. The topological polar surface area (TPSA) is 106 Å². The van der Waals surface area contributed by atoms with Crippen molar-refractivity contribution in [2.24, 2.45) is 5.73 Å². The van der Waals surface area contributed by atoms with Gasteiger partial charge in [0.15, 0.2) is 0 Å². The van der Waals surface area contributed by atoms with Crippen LogP contribution in [0.1, 0.15) is 29.2 Å². The Morgan fingerprint density at radius 1 is 1.33 bits per heavy atom. The van der Waals surface area contributed by atoms with Crippen LogP contribution in [0.5, 0.6) is 5.75 Å². The maximum atomic E-state index is 13.5. The molecule has 0 amide bonds. The molecule has 30 heavy (non-hydrogen) atoms. The number of hydrogen-bond donors (Lipinski definition) is 1. The number of ether oxygens (including phenoxy) is 2. The predicted molar refractivity (Wildman–Crippen MR) is 111 cm³/mol. The fraction of sp³-hybridized carbons (Fsp3) is 0.409. The van der Waals surface area contributed by atoms with E-state index < -0.39 is 5.92 Å². The minimum Gasteiger partial charge on any atom is -0.440 e. The van der Waals surface area contributed by atoms with E-state index in [4.69, 9.17) is 15.2 Å². The van der Waals surface area contributed by atoms with Crippen LogP contribution >= 0.6 is 0 Å². The molecule has 1 atom stereocenters. The van der Waals surface area contributed by atoms with Gasteiger partial charge in [0.05, 0.1) is 24.7 Å². The standard InChI is InChI=1S/C22H25N5O3/c1-15-12-18-20(22(28)27(15)7-3-6-26-8-10-29-11-9-26)19(16-4-2-5-25-14-16)17(13-23)21(24)30-18/h2,4-5,12,14,19H,3,6-11,24H2,1H3/t19-/m1/s1. The van der Waals surface area contributed by atoms with Gasteiger partial charge in [0.2, 0.25) is 5.88 Å². The molecule has 0 saturated carbocycles. The number of aromatic nitrogens is 2. The maximum Gasteiger partial charge on any atom is 0.258 e. The summed E-state index contributed by atoms with van der Waals surface area (Å²) in [6.07, 6.45) is 4.16. The molecule has 0 aromatic carbocycles. The lowest BCUT2D eigenvalue weighted by Gasteiger charge is -2.28. The molecule has 0 spiro atoms. The summed E-state index contributed by atoms with van der Waals surface area (Å²) in [6, 6.07) is 7.58. The Labute approximate surface area is 175 Å². The fourth-order valence-corrected chi connectivity index (χ4v) is 4.12. The van der Waals surface area contributed by atoms with E-state index in [0.717, 1.165) is 50.5 Å². The number of allylic oxidation sites excluding steroid dienone is 1. The average Bonchev–Trinajstić information content (AvgIpc) is 2.76. The lowest BCUT2D eigenvalue weighted by atomic mass is 9.85. The molecule has 8 heteroatoms. The quantitative estimate of drug-likeness (QED) is 0.800. The van der Waals surface area contributed by atoms with Gasteiger partial charge in [-0.25, -0.2) is 0 Å². The Morgan fingerprint density at radius 2 is 2.13 bits per heavy atom. The zero-order valence-electron chi connectivity index (χ0n) is 17.0. The van der Waals surface area contributed by atoms with Gasteiger partial charge in [-0.3, -0.25) is 14.7 Å². The maximum absolute atomic E-state index is 13.5. The average molecular weight is 407 g/mol. The Morgan fingerprint density at radius 3 is 2.83 bits per heavy atom. The largest absolute Gasteiger partial charge is 0.440 e. The van der Waals surface area contributed by atoms with Crippen molar-refractivity contribution in [2.75, 3.05) is 32.8 Å². The van der Waals surface area contributed by atoms with Gasteiger partial charge >= 0.3 is 0 Å². The first-order valence-electron chi connectivity index (χ1n) is 10.1. The van der Waals surface area contributed by atoms with Crippen LogP contribution in [-0.2, 0) is 11.3 Å². The number of pyridine rings is 2. The summed E-state index contributed by atoms with van der Waals surface area (Å²) in [5.74, 6) is -0.152. The summed E-state index contributed by atoms with van der Waals surface area (Å²) in [7, 11) is 0. The van der Waals surface area contributed by atoms with Crippen LogP contribution in [0.15, 0.2) is 46.8 Å². The lowest BCUT2D eigenvalue weighted by Crippen LogP contribution is -2.38. The zero-order valence-corrected chi connectivity index (χ0v) is 17.0. The van der Waals surface area contributed by atoms with Gasteiger partial charge in [0.25, 0.3) is 5.56 Å². The van der Waals surface area contributed by atoms with Crippen LogP contribution in [0, 0.1) is 18.3 Å². The summed E-state index contributed by atoms with van der Waals surface area (Å²) < 4.78 is 12.8. The van der Waals surface area contributed by atoms with E-state index in [0.29, 0.717) is 17.9 Å². The molecule has 156 valence electrons. The van der Waals surface area contributed by atoms with E-state index in [-0.39, 0.29) is 17.0 Å². The molecule has 1 saturated heterocycles. The van der Waals surface area contributed by atoms with Crippen molar-refractivity contribution in [1.29, 1.82) is 5.26 Å². The number of morpholine rings is 1. The first-order valence-corrected chi connectivity index (χ1v) is 10.1. The van der Waals surface area contributed by atoms with Crippen molar-refractivity contribution in [3.8, 4) is 11.8 Å². The molecule has 0 unspecified atom stereocenters. The molecule has 2 aliphatic rings. The number of fused-ring (bicyclic) bond motifs is 1. The Balaban J connectivity index is 1.68. The van der Waals surface area contributed by atoms with Crippen molar-refractivity contribution in [3.63, 3.8) is 0 Å². The fourth-order valence-electron chi connectivity index (χ4n) is 4.12. The first kappa shape index (κ1) is 20.1. The van der Waals surface area contributed by atoms with Crippen molar-refractivity contribution < 1.29 is 9.47 Å². The molecule has 4 heterocycles. The number of nitrogens with two attached hydrogens (primary N) is 1. The second-order valence-electron chi connectivity index (χ2n) is 7.54. The molecule has 8 nitrogen and oxygen atoms in total. The number of rotatable bonds is 5. The van der Waals surface area contributed by atoms with Gasteiger partial charge in [-0.05, 0) is 25.0 Å². The minimum absolute atomic E-state index is 0.0303. The molecule has 0 bridgehead atoms.